The Hall–Kier alpha value is -1.44. The molecule has 0 unspecified atom stereocenters. The first-order valence-corrected chi connectivity index (χ1v) is 4.69. The molecule has 0 spiro atoms. The van der Waals surface area contributed by atoms with Crippen molar-refractivity contribution in [3.63, 3.8) is 0 Å². The Balaban J connectivity index is 0. The second kappa shape index (κ2) is 14.1. The van der Waals surface area contributed by atoms with Crippen LogP contribution >= 0.6 is 0 Å². The molecule has 0 aromatic heterocycles. The summed E-state index contributed by atoms with van der Waals surface area (Å²) >= 11 is 0. The van der Waals surface area contributed by atoms with Gasteiger partial charge in [0, 0.05) is 6.72 Å². The van der Waals surface area contributed by atoms with Crippen molar-refractivity contribution in [1.82, 2.24) is 0 Å². The third-order valence-corrected chi connectivity index (χ3v) is 1.25. The van der Waals surface area contributed by atoms with Crippen molar-refractivity contribution in [2.45, 2.75) is 26.7 Å². The molecule has 14 heavy (non-hydrogen) atoms. The van der Waals surface area contributed by atoms with Crippen LogP contribution in [0.4, 0.5) is 0 Å². The van der Waals surface area contributed by atoms with Crippen LogP contribution in [0, 0.1) is 0 Å². The van der Waals surface area contributed by atoms with Gasteiger partial charge in [-0.2, -0.15) is 10.2 Å². The summed E-state index contributed by atoms with van der Waals surface area (Å²) in [7, 11) is 0. The van der Waals surface area contributed by atoms with Gasteiger partial charge in [-0.3, -0.25) is 0 Å². The van der Waals surface area contributed by atoms with E-state index >= 15 is 0 Å². The van der Waals surface area contributed by atoms with Crippen LogP contribution in [0.25, 0.3) is 0 Å². The Bertz CT molecular complexity index is 190. The van der Waals surface area contributed by atoms with E-state index in [9.17, 15) is 0 Å². The molecule has 78 valence electrons. The van der Waals surface area contributed by atoms with Crippen molar-refractivity contribution in [3.8, 4) is 0 Å². The molecule has 0 bridgehead atoms. The Kier molecular flexibility index (Phi) is 15.2. The summed E-state index contributed by atoms with van der Waals surface area (Å²) in [6.45, 7) is 14.7. The van der Waals surface area contributed by atoms with Gasteiger partial charge in [-0.15, -0.1) is 0 Å². The monoisotopic (exact) mass is 192 g/mol. The molecular formula is C12H20N2. The number of hydrogen-bond donors (Lipinski definition) is 0. The molecule has 0 heterocycles. The lowest BCUT2D eigenvalue weighted by molar-refractivity contribution is 0.886. The molecule has 0 aromatic carbocycles. The lowest BCUT2D eigenvalue weighted by atomic mass is 10.3. The van der Waals surface area contributed by atoms with Crippen LogP contribution in [0.2, 0.25) is 0 Å². The number of unbranched alkanes of at least 4 members (excludes halogenated alkanes) is 1. The Labute approximate surface area is 87.5 Å². The topological polar surface area (TPSA) is 24.7 Å². The smallest absolute Gasteiger partial charge is 0.0561 e. The normalized spacial score (nSPS) is 9.57. The van der Waals surface area contributed by atoms with Crippen LogP contribution in [0.1, 0.15) is 26.7 Å². The van der Waals surface area contributed by atoms with E-state index in [0.717, 1.165) is 5.57 Å². The lowest BCUT2D eigenvalue weighted by Gasteiger charge is -1.82. The van der Waals surface area contributed by atoms with E-state index in [1.165, 1.54) is 19.1 Å². The molecule has 0 aliphatic heterocycles. The van der Waals surface area contributed by atoms with Crippen molar-refractivity contribution in [2.75, 3.05) is 0 Å². The second-order valence-electron chi connectivity index (χ2n) is 2.56. The molecule has 0 rings (SSSR count). The number of nitrogens with zero attached hydrogens (tertiary/aromatic N) is 2. The standard InChI is InChI=1S/C8H10N2.C4H10/c1-4-5-6-8(2)7-10-9-3;1-3-4-2/h4-7H,1-3H2;3-4H2,1-2H3/b6-5-,10-7-;. The maximum Gasteiger partial charge on any atom is 0.0561 e. The van der Waals surface area contributed by atoms with E-state index in [-0.39, 0.29) is 0 Å². The number of hydrogen-bond acceptors (Lipinski definition) is 2. The molecule has 2 nitrogen and oxygen atoms in total. The van der Waals surface area contributed by atoms with Crippen molar-refractivity contribution < 1.29 is 0 Å². The van der Waals surface area contributed by atoms with Crippen molar-refractivity contribution in [3.05, 3.63) is 37.0 Å². The minimum absolute atomic E-state index is 0.771. The number of rotatable bonds is 5. The summed E-state index contributed by atoms with van der Waals surface area (Å²) in [4.78, 5) is 0. The molecule has 0 aliphatic carbocycles. The maximum atomic E-state index is 3.66. The molecule has 0 saturated carbocycles. The summed E-state index contributed by atoms with van der Waals surface area (Å²) < 4.78 is 0. The van der Waals surface area contributed by atoms with Gasteiger partial charge in [-0.05, 0) is 5.57 Å². The maximum absolute atomic E-state index is 3.66. The van der Waals surface area contributed by atoms with Gasteiger partial charge in [-0.1, -0.05) is 58.1 Å². The largest absolute Gasteiger partial charge is 0.167 e. The first-order valence-electron chi connectivity index (χ1n) is 4.69. The molecule has 2 heteroatoms. The summed E-state index contributed by atoms with van der Waals surface area (Å²) in [6, 6.07) is 0. The van der Waals surface area contributed by atoms with Crippen molar-refractivity contribution in [1.29, 1.82) is 0 Å². The molecular weight excluding hydrogens is 172 g/mol. The third kappa shape index (κ3) is 16.9. The van der Waals surface area contributed by atoms with Gasteiger partial charge in [-0.25, -0.2) is 0 Å². The van der Waals surface area contributed by atoms with E-state index in [1.807, 2.05) is 0 Å². The van der Waals surface area contributed by atoms with Crippen molar-refractivity contribution >= 4 is 12.9 Å². The molecule has 0 radical (unpaired) electrons. The molecule has 0 saturated heterocycles. The van der Waals surface area contributed by atoms with Crippen LogP contribution in [0.5, 0.6) is 0 Å². The quantitative estimate of drug-likeness (QED) is 0.360. The molecule has 0 N–H and O–H groups in total. The minimum atomic E-state index is 0.771. The third-order valence-electron chi connectivity index (χ3n) is 1.25. The first kappa shape index (κ1) is 15.1. The Morgan fingerprint density at radius 3 is 2.21 bits per heavy atom. The molecule has 0 fully saturated rings. The average molecular weight is 192 g/mol. The highest BCUT2D eigenvalue weighted by molar-refractivity contribution is 5.81. The van der Waals surface area contributed by atoms with E-state index in [0.29, 0.717) is 0 Å². The zero-order valence-electron chi connectivity index (χ0n) is 9.24. The van der Waals surface area contributed by atoms with E-state index < -0.39 is 0 Å². The molecule has 0 aromatic rings. The van der Waals surface area contributed by atoms with Crippen LogP contribution in [-0.4, -0.2) is 12.9 Å². The SMILES string of the molecule is C=C/C=C\C(=C)/C=N\N=C.CCCC. The van der Waals surface area contributed by atoms with Crippen LogP contribution in [0.3, 0.4) is 0 Å². The summed E-state index contributed by atoms with van der Waals surface area (Å²) in [6.07, 6.45) is 9.38. The highest BCUT2D eigenvalue weighted by atomic mass is 15.2. The summed E-state index contributed by atoms with van der Waals surface area (Å²) in [5, 5.41) is 6.81. The highest BCUT2D eigenvalue weighted by Crippen LogP contribution is 1.88. The van der Waals surface area contributed by atoms with E-state index in [4.69, 9.17) is 0 Å². The zero-order valence-corrected chi connectivity index (χ0v) is 9.24. The van der Waals surface area contributed by atoms with Gasteiger partial charge in [0.1, 0.15) is 0 Å². The fourth-order valence-corrected chi connectivity index (χ4v) is 0.350. The fraction of sp³-hybridized carbons (Fsp3) is 0.333. The van der Waals surface area contributed by atoms with Crippen LogP contribution in [0.15, 0.2) is 47.2 Å². The summed E-state index contributed by atoms with van der Waals surface area (Å²) in [5.74, 6) is 0. The van der Waals surface area contributed by atoms with E-state index in [2.05, 4.69) is 43.9 Å². The highest BCUT2D eigenvalue weighted by Gasteiger charge is 1.75. The zero-order chi connectivity index (χ0) is 11.2. The van der Waals surface area contributed by atoms with Gasteiger partial charge in [0.2, 0.25) is 0 Å². The van der Waals surface area contributed by atoms with Gasteiger partial charge < -0.3 is 0 Å². The Morgan fingerprint density at radius 2 is 1.86 bits per heavy atom. The van der Waals surface area contributed by atoms with Crippen LogP contribution < -0.4 is 0 Å². The predicted octanol–water partition coefficient (Wildman–Crippen LogP) is 3.78. The van der Waals surface area contributed by atoms with Crippen molar-refractivity contribution in [2.24, 2.45) is 10.2 Å². The second-order valence-corrected chi connectivity index (χ2v) is 2.56. The molecule has 0 amide bonds. The Morgan fingerprint density at radius 1 is 1.29 bits per heavy atom. The predicted molar refractivity (Wildman–Crippen MR) is 67.1 cm³/mol. The van der Waals surface area contributed by atoms with Gasteiger partial charge in [0.05, 0.1) is 6.21 Å². The number of allylic oxidation sites excluding steroid dienone is 4. The summed E-state index contributed by atoms with van der Waals surface area (Å²) in [5.41, 5.74) is 0.771. The first-order chi connectivity index (χ1) is 6.72. The van der Waals surface area contributed by atoms with Crippen LogP contribution in [-0.2, 0) is 0 Å². The minimum Gasteiger partial charge on any atom is -0.167 e. The molecule has 0 atom stereocenters. The van der Waals surface area contributed by atoms with E-state index in [1.54, 1.807) is 18.2 Å². The van der Waals surface area contributed by atoms with Gasteiger partial charge in [0.25, 0.3) is 0 Å². The molecule has 0 aliphatic rings. The fourth-order valence-electron chi connectivity index (χ4n) is 0.350. The van der Waals surface area contributed by atoms with Gasteiger partial charge in [0.15, 0.2) is 0 Å². The van der Waals surface area contributed by atoms with Gasteiger partial charge >= 0.3 is 0 Å². The lowest BCUT2D eigenvalue weighted by Crippen LogP contribution is -1.73. The average Bonchev–Trinajstić information content (AvgIpc) is 2.23.